The van der Waals surface area contributed by atoms with Crippen LogP contribution in [0.25, 0.3) is 0 Å². The van der Waals surface area contributed by atoms with Gasteiger partial charge in [-0.05, 0) is 25.7 Å². The SMILES string of the molecule is CN=C(NCC1CCCCS1(=O)=O)NC1CC1. The molecule has 98 valence electrons. The van der Waals surface area contributed by atoms with Crippen molar-refractivity contribution in [3.05, 3.63) is 0 Å². The highest BCUT2D eigenvalue weighted by molar-refractivity contribution is 7.92. The van der Waals surface area contributed by atoms with Crippen LogP contribution in [0.3, 0.4) is 0 Å². The first kappa shape index (κ1) is 12.7. The lowest BCUT2D eigenvalue weighted by molar-refractivity contribution is 0.534. The maximum atomic E-state index is 11.8. The number of hydrogen-bond donors (Lipinski definition) is 2. The van der Waals surface area contributed by atoms with Crippen LogP contribution in [0.5, 0.6) is 0 Å². The molecule has 1 atom stereocenters. The molecule has 1 aliphatic carbocycles. The monoisotopic (exact) mass is 259 g/mol. The Morgan fingerprint density at radius 2 is 2.06 bits per heavy atom. The summed E-state index contributed by atoms with van der Waals surface area (Å²) in [5.74, 6) is 1.07. The normalized spacial score (nSPS) is 28.8. The molecule has 1 saturated heterocycles. The molecule has 0 spiro atoms. The van der Waals surface area contributed by atoms with Crippen LogP contribution in [0.15, 0.2) is 4.99 Å². The van der Waals surface area contributed by atoms with Crippen LogP contribution in [-0.2, 0) is 9.84 Å². The number of sulfone groups is 1. The first-order valence-corrected chi connectivity index (χ1v) is 8.02. The van der Waals surface area contributed by atoms with Crippen LogP contribution in [0.2, 0.25) is 0 Å². The molecule has 0 amide bonds. The average Bonchev–Trinajstić information content (AvgIpc) is 3.09. The van der Waals surface area contributed by atoms with E-state index in [-0.39, 0.29) is 5.25 Å². The quantitative estimate of drug-likeness (QED) is 0.564. The predicted octanol–water partition coefficient (Wildman–Crippen LogP) is 0.281. The van der Waals surface area contributed by atoms with Crippen molar-refractivity contribution in [3.8, 4) is 0 Å². The van der Waals surface area contributed by atoms with E-state index in [2.05, 4.69) is 15.6 Å². The Balaban J connectivity index is 1.83. The van der Waals surface area contributed by atoms with E-state index in [1.807, 2.05) is 0 Å². The Kier molecular flexibility index (Phi) is 3.91. The molecule has 0 radical (unpaired) electrons. The molecule has 1 aliphatic heterocycles. The second-order valence-corrected chi connectivity index (χ2v) is 7.26. The maximum absolute atomic E-state index is 11.8. The van der Waals surface area contributed by atoms with Crippen molar-refractivity contribution in [2.75, 3.05) is 19.3 Å². The van der Waals surface area contributed by atoms with Gasteiger partial charge in [-0.1, -0.05) is 6.42 Å². The molecule has 1 saturated carbocycles. The number of aliphatic imine (C=N–C) groups is 1. The van der Waals surface area contributed by atoms with Crippen molar-refractivity contribution >= 4 is 15.8 Å². The van der Waals surface area contributed by atoms with Crippen LogP contribution in [0, 0.1) is 0 Å². The van der Waals surface area contributed by atoms with Crippen LogP contribution in [0.1, 0.15) is 32.1 Å². The molecule has 2 N–H and O–H groups in total. The van der Waals surface area contributed by atoms with E-state index in [4.69, 9.17) is 0 Å². The molecule has 0 bridgehead atoms. The van der Waals surface area contributed by atoms with Gasteiger partial charge in [0.05, 0.1) is 11.0 Å². The number of nitrogens with one attached hydrogen (secondary N) is 2. The third kappa shape index (κ3) is 3.59. The first-order valence-electron chi connectivity index (χ1n) is 6.30. The summed E-state index contributed by atoms with van der Waals surface area (Å²) in [5.41, 5.74) is 0. The third-order valence-electron chi connectivity index (χ3n) is 3.35. The first-order chi connectivity index (χ1) is 8.12. The molecule has 2 aliphatic rings. The van der Waals surface area contributed by atoms with Gasteiger partial charge in [-0.15, -0.1) is 0 Å². The zero-order chi connectivity index (χ0) is 12.3. The van der Waals surface area contributed by atoms with Gasteiger partial charge in [0.25, 0.3) is 0 Å². The lowest BCUT2D eigenvalue weighted by Crippen LogP contribution is -2.45. The number of guanidine groups is 1. The molecule has 1 heterocycles. The Morgan fingerprint density at radius 1 is 1.29 bits per heavy atom. The lowest BCUT2D eigenvalue weighted by Gasteiger charge is -2.23. The van der Waals surface area contributed by atoms with Gasteiger partial charge >= 0.3 is 0 Å². The molecular formula is C11H21N3O2S. The Labute approximate surface area is 103 Å². The summed E-state index contributed by atoms with van der Waals surface area (Å²) in [4.78, 5) is 4.10. The highest BCUT2D eigenvalue weighted by atomic mass is 32.2. The van der Waals surface area contributed by atoms with E-state index in [0.29, 0.717) is 18.3 Å². The van der Waals surface area contributed by atoms with E-state index in [9.17, 15) is 8.42 Å². The molecular weight excluding hydrogens is 238 g/mol. The topological polar surface area (TPSA) is 70.6 Å². The maximum Gasteiger partial charge on any atom is 0.191 e. The summed E-state index contributed by atoms with van der Waals surface area (Å²) in [6.07, 6.45) is 4.97. The molecule has 5 nitrogen and oxygen atoms in total. The average molecular weight is 259 g/mol. The van der Waals surface area contributed by atoms with Gasteiger partial charge in [-0.2, -0.15) is 0 Å². The van der Waals surface area contributed by atoms with E-state index >= 15 is 0 Å². The Bertz CT molecular complexity index is 388. The fourth-order valence-corrected chi connectivity index (χ4v) is 3.88. The van der Waals surface area contributed by atoms with Crippen molar-refractivity contribution in [1.29, 1.82) is 0 Å². The fraction of sp³-hybridized carbons (Fsp3) is 0.909. The second-order valence-electron chi connectivity index (χ2n) is 4.86. The number of hydrogen-bond acceptors (Lipinski definition) is 3. The number of rotatable bonds is 3. The van der Waals surface area contributed by atoms with E-state index < -0.39 is 9.84 Å². The van der Waals surface area contributed by atoms with Gasteiger partial charge in [-0.3, -0.25) is 4.99 Å². The van der Waals surface area contributed by atoms with Crippen molar-refractivity contribution in [1.82, 2.24) is 10.6 Å². The second kappa shape index (κ2) is 5.25. The fourth-order valence-electron chi connectivity index (χ4n) is 2.08. The minimum atomic E-state index is -2.89. The van der Waals surface area contributed by atoms with E-state index in [1.54, 1.807) is 7.05 Å². The van der Waals surface area contributed by atoms with Crippen LogP contribution in [-0.4, -0.2) is 45.0 Å². The van der Waals surface area contributed by atoms with Gasteiger partial charge in [0.15, 0.2) is 15.8 Å². The summed E-state index contributed by atoms with van der Waals surface area (Å²) >= 11 is 0. The van der Waals surface area contributed by atoms with Gasteiger partial charge in [0.2, 0.25) is 0 Å². The molecule has 0 aromatic heterocycles. The minimum absolute atomic E-state index is 0.242. The van der Waals surface area contributed by atoms with Crippen LogP contribution < -0.4 is 10.6 Å². The van der Waals surface area contributed by atoms with E-state index in [1.165, 1.54) is 12.8 Å². The van der Waals surface area contributed by atoms with Crippen LogP contribution >= 0.6 is 0 Å². The van der Waals surface area contributed by atoms with Crippen molar-refractivity contribution in [3.63, 3.8) is 0 Å². The standard InChI is InChI=1S/C11H21N3O2S/c1-12-11(14-9-5-6-9)13-8-10-4-2-3-7-17(10,15)16/h9-10H,2-8H2,1H3,(H2,12,13,14). The summed E-state index contributed by atoms with van der Waals surface area (Å²) in [6, 6.07) is 0.532. The predicted molar refractivity (Wildman–Crippen MR) is 68.9 cm³/mol. The number of nitrogens with zero attached hydrogens (tertiary/aromatic N) is 1. The summed E-state index contributed by atoms with van der Waals surface area (Å²) < 4.78 is 23.6. The Hall–Kier alpha value is -0.780. The molecule has 2 fully saturated rings. The van der Waals surface area contributed by atoms with Gasteiger partial charge in [0.1, 0.15) is 0 Å². The summed E-state index contributed by atoms with van der Waals surface area (Å²) in [5, 5.41) is 6.14. The smallest absolute Gasteiger partial charge is 0.191 e. The lowest BCUT2D eigenvalue weighted by atomic mass is 10.2. The zero-order valence-electron chi connectivity index (χ0n) is 10.3. The summed E-state index contributed by atoms with van der Waals surface area (Å²) in [6.45, 7) is 0.481. The van der Waals surface area contributed by atoms with Crippen molar-refractivity contribution < 1.29 is 8.42 Å². The Morgan fingerprint density at radius 3 is 2.65 bits per heavy atom. The molecule has 0 aromatic carbocycles. The van der Waals surface area contributed by atoms with Crippen LogP contribution in [0.4, 0.5) is 0 Å². The highest BCUT2D eigenvalue weighted by Crippen LogP contribution is 2.19. The van der Waals surface area contributed by atoms with E-state index in [0.717, 1.165) is 25.2 Å². The molecule has 1 unspecified atom stereocenters. The third-order valence-corrected chi connectivity index (χ3v) is 5.63. The van der Waals surface area contributed by atoms with Gasteiger partial charge in [0, 0.05) is 19.6 Å². The molecule has 17 heavy (non-hydrogen) atoms. The van der Waals surface area contributed by atoms with Crippen molar-refractivity contribution in [2.45, 2.75) is 43.4 Å². The summed E-state index contributed by atoms with van der Waals surface area (Å²) in [7, 11) is -1.17. The minimum Gasteiger partial charge on any atom is -0.355 e. The van der Waals surface area contributed by atoms with Crippen molar-refractivity contribution in [2.24, 2.45) is 4.99 Å². The highest BCUT2D eigenvalue weighted by Gasteiger charge is 2.29. The molecule has 0 aromatic rings. The molecule has 6 heteroatoms. The molecule has 2 rings (SSSR count). The largest absolute Gasteiger partial charge is 0.355 e. The van der Waals surface area contributed by atoms with Gasteiger partial charge in [-0.25, -0.2) is 8.42 Å². The van der Waals surface area contributed by atoms with Gasteiger partial charge < -0.3 is 10.6 Å². The zero-order valence-corrected chi connectivity index (χ0v) is 11.1.